The van der Waals surface area contributed by atoms with Gasteiger partial charge in [-0.05, 0) is 50.7 Å². The molecule has 1 fully saturated rings. The molecule has 1 aliphatic carbocycles. The Hall–Kier alpha value is -0.960. The summed E-state index contributed by atoms with van der Waals surface area (Å²) >= 11 is 0. The fraction of sp³-hybridized carbons (Fsp3) is 0.538. The van der Waals surface area contributed by atoms with Gasteiger partial charge in [0.1, 0.15) is 11.6 Å². The lowest BCUT2D eigenvalue weighted by Crippen LogP contribution is -2.22. The van der Waals surface area contributed by atoms with Crippen molar-refractivity contribution in [3.63, 3.8) is 0 Å². The third-order valence-electron chi connectivity index (χ3n) is 3.42. The molecule has 0 aliphatic heterocycles. The van der Waals surface area contributed by atoms with E-state index in [0.29, 0.717) is 24.0 Å². The Balaban J connectivity index is 2.24. The van der Waals surface area contributed by atoms with E-state index in [4.69, 9.17) is 5.73 Å². The minimum absolute atomic E-state index is 0.156. The van der Waals surface area contributed by atoms with E-state index >= 15 is 0 Å². The van der Waals surface area contributed by atoms with Gasteiger partial charge in [-0.3, -0.25) is 0 Å². The van der Waals surface area contributed by atoms with Crippen molar-refractivity contribution in [3.05, 3.63) is 34.4 Å². The van der Waals surface area contributed by atoms with Crippen molar-refractivity contribution < 1.29 is 8.78 Å². The number of hydrogen-bond donors (Lipinski definition) is 1. The van der Waals surface area contributed by atoms with E-state index in [9.17, 15) is 8.78 Å². The number of benzene rings is 1. The molecule has 0 spiro atoms. The predicted molar refractivity (Wildman–Crippen MR) is 60.3 cm³/mol. The molecule has 0 heterocycles. The standard InChI is InChI=1S/C13H17F2N/c1-8-7-9(2)12(15)10(11(8)14)3-4-13(16)5-6-13/h7H,3-6,16H2,1-2H3. The summed E-state index contributed by atoms with van der Waals surface area (Å²) in [6.07, 6.45) is 3.02. The van der Waals surface area contributed by atoms with Gasteiger partial charge in [0.15, 0.2) is 0 Å². The first-order valence-electron chi connectivity index (χ1n) is 5.66. The van der Waals surface area contributed by atoms with E-state index in [1.165, 1.54) is 0 Å². The fourth-order valence-corrected chi connectivity index (χ4v) is 2.03. The van der Waals surface area contributed by atoms with Crippen LogP contribution in [0.15, 0.2) is 6.07 Å². The van der Waals surface area contributed by atoms with Gasteiger partial charge >= 0.3 is 0 Å². The zero-order valence-corrected chi connectivity index (χ0v) is 9.74. The summed E-state index contributed by atoms with van der Waals surface area (Å²) in [4.78, 5) is 0. The highest BCUT2D eigenvalue weighted by atomic mass is 19.1. The number of rotatable bonds is 3. The molecule has 2 rings (SSSR count). The van der Waals surface area contributed by atoms with Gasteiger partial charge in [0, 0.05) is 11.1 Å². The van der Waals surface area contributed by atoms with Gasteiger partial charge in [0.25, 0.3) is 0 Å². The van der Waals surface area contributed by atoms with Gasteiger partial charge in [-0.2, -0.15) is 0 Å². The molecule has 0 aromatic heterocycles. The van der Waals surface area contributed by atoms with Crippen molar-refractivity contribution in [3.8, 4) is 0 Å². The summed E-state index contributed by atoms with van der Waals surface area (Å²) in [6, 6.07) is 1.55. The minimum Gasteiger partial charge on any atom is -0.325 e. The third kappa shape index (κ3) is 2.09. The lowest BCUT2D eigenvalue weighted by Gasteiger charge is -2.12. The van der Waals surface area contributed by atoms with E-state index in [-0.39, 0.29) is 11.1 Å². The Morgan fingerprint density at radius 3 is 2.12 bits per heavy atom. The molecule has 1 aromatic rings. The molecule has 0 unspecified atom stereocenters. The summed E-state index contributed by atoms with van der Waals surface area (Å²) in [5, 5.41) is 0. The van der Waals surface area contributed by atoms with Crippen LogP contribution in [0.3, 0.4) is 0 Å². The molecule has 2 N–H and O–H groups in total. The molecule has 0 radical (unpaired) electrons. The lowest BCUT2D eigenvalue weighted by atomic mass is 9.98. The van der Waals surface area contributed by atoms with Crippen LogP contribution in [0.1, 0.15) is 36.0 Å². The zero-order valence-electron chi connectivity index (χ0n) is 9.74. The van der Waals surface area contributed by atoms with Crippen LogP contribution in [0.2, 0.25) is 0 Å². The highest BCUT2D eigenvalue weighted by Crippen LogP contribution is 2.37. The Labute approximate surface area is 94.7 Å². The average Bonchev–Trinajstić information content (AvgIpc) is 2.94. The lowest BCUT2D eigenvalue weighted by molar-refractivity contribution is 0.521. The first-order chi connectivity index (χ1) is 7.43. The van der Waals surface area contributed by atoms with Gasteiger partial charge in [-0.15, -0.1) is 0 Å². The smallest absolute Gasteiger partial charge is 0.132 e. The number of hydrogen-bond acceptors (Lipinski definition) is 1. The van der Waals surface area contributed by atoms with Crippen LogP contribution < -0.4 is 5.73 Å². The number of halogens is 2. The summed E-state index contributed by atoms with van der Waals surface area (Å²) in [6.45, 7) is 3.33. The van der Waals surface area contributed by atoms with Crippen LogP contribution in [0.25, 0.3) is 0 Å². The van der Waals surface area contributed by atoms with Crippen LogP contribution in [-0.4, -0.2) is 5.54 Å². The average molecular weight is 225 g/mol. The van der Waals surface area contributed by atoms with Crippen molar-refractivity contribution in [2.45, 2.75) is 45.1 Å². The van der Waals surface area contributed by atoms with Crippen molar-refractivity contribution >= 4 is 0 Å². The van der Waals surface area contributed by atoms with E-state index < -0.39 is 11.6 Å². The Kier molecular flexibility index (Phi) is 2.74. The van der Waals surface area contributed by atoms with Crippen LogP contribution in [-0.2, 0) is 6.42 Å². The first kappa shape index (κ1) is 11.5. The molecule has 16 heavy (non-hydrogen) atoms. The molecule has 3 heteroatoms. The second kappa shape index (κ2) is 3.81. The quantitative estimate of drug-likeness (QED) is 0.840. The minimum atomic E-state index is -0.410. The van der Waals surface area contributed by atoms with E-state index in [2.05, 4.69) is 0 Å². The molecule has 0 atom stereocenters. The van der Waals surface area contributed by atoms with Crippen LogP contribution in [0, 0.1) is 25.5 Å². The molecule has 1 saturated carbocycles. The predicted octanol–water partition coefficient (Wildman–Crippen LogP) is 3.01. The van der Waals surface area contributed by atoms with Crippen LogP contribution in [0.5, 0.6) is 0 Å². The van der Waals surface area contributed by atoms with E-state index in [1.54, 1.807) is 19.9 Å². The van der Waals surface area contributed by atoms with Gasteiger partial charge in [-0.25, -0.2) is 8.78 Å². The second-order valence-corrected chi connectivity index (χ2v) is 4.98. The Morgan fingerprint density at radius 1 is 1.19 bits per heavy atom. The SMILES string of the molecule is Cc1cc(C)c(F)c(CCC2(N)CC2)c1F. The molecule has 1 aromatic carbocycles. The summed E-state index contributed by atoms with van der Waals surface area (Å²) < 4.78 is 27.5. The van der Waals surface area contributed by atoms with Crippen LogP contribution in [0.4, 0.5) is 8.78 Å². The van der Waals surface area contributed by atoms with Crippen molar-refractivity contribution in [1.29, 1.82) is 0 Å². The van der Waals surface area contributed by atoms with Gasteiger partial charge in [0.2, 0.25) is 0 Å². The first-order valence-corrected chi connectivity index (χ1v) is 5.66. The second-order valence-electron chi connectivity index (χ2n) is 4.98. The zero-order chi connectivity index (χ0) is 11.9. The molecule has 1 aliphatic rings. The molecular weight excluding hydrogens is 208 g/mol. The van der Waals surface area contributed by atoms with Crippen molar-refractivity contribution in [2.75, 3.05) is 0 Å². The molecule has 0 amide bonds. The van der Waals surface area contributed by atoms with Gasteiger partial charge in [-0.1, -0.05) is 6.07 Å². The van der Waals surface area contributed by atoms with Crippen LogP contribution >= 0.6 is 0 Å². The molecule has 0 bridgehead atoms. The molecular formula is C13H17F2N. The normalized spacial score (nSPS) is 17.6. The number of nitrogens with two attached hydrogens (primary N) is 1. The van der Waals surface area contributed by atoms with Gasteiger partial charge in [0.05, 0.1) is 0 Å². The van der Waals surface area contributed by atoms with Crippen molar-refractivity contribution in [1.82, 2.24) is 0 Å². The summed E-state index contributed by atoms with van der Waals surface area (Å²) in [5.41, 5.74) is 6.99. The van der Waals surface area contributed by atoms with E-state index in [0.717, 1.165) is 12.8 Å². The highest BCUT2D eigenvalue weighted by Gasteiger charge is 2.37. The maximum Gasteiger partial charge on any atom is 0.132 e. The maximum atomic E-state index is 13.8. The van der Waals surface area contributed by atoms with Crippen molar-refractivity contribution in [2.24, 2.45) is 5.73 Å². The topological polar surface area (TPSA) is 26.0 Å². The third-order valence-corrected chi connectivity index (χ3v) is 3.42. The molecule has 0 saturated heterocycles. The fourth-order valence-electron chi connectivity index (χ4n) is 2.03. The van der Waals surface area contributed by atoms with E-state index in [1.807, 2.05) is 0 Å². The highest BCUT2D eigenvalue weighted by molar-refractivity contribution is 5.32. The Morgan fingerprint density at radius 2 is 1.69 bits per heavy atom. The monoisotopic (exact) mass is 225 g/mol. The Bertz CT molecular complexity index is 396. The molecule has 1 nitrogen and oxygen atoms in total. The summed E-state index contributed by atoms with van der Waals surface area (Å²) in [7, 11) is 0. The largest absolute Gasteiger partial charge is 0.325 e. The number of aryl methyl sites for hydroxylation is 2. The molecule has 88 valence electrons. The summed E-state index contributed by atoms with van der Waals surface area (Å²) in [5.74, 6) is -0.820. The maximum absolute atomic E-state index is 13.8. The van der Waals surface area contributed by atoms with Gasteiger partial charge < -0.3 is 5.73 Å².